The van der Waals surface area contributed by atoms with Crippen molar-refractivity contribution in [3.8, 4) is 0 Å². The molecule has 5 nitrogen and oxygen atoms in total. The summed E-state index contributed by atoms with van der Waals surface area (Å²) in [5, 5.41) is 3.46. The van der Waals surface area contributed by atoms with Crippen molar-refractivity contribution in [2.75, 3.05) is 26.2 Å². The molecule has 0 atom stereocenters. The maximum Gasteiger partial charge on any atom is 0.251 e. The summed E-state index contributed by atoms with van der Waals surface area (Å²) >= 11 is 6.12. The Hall–Kier alpha value is -1.59. The Morgan fingerprint density at radius 2 is 2.09 bits per heavy atom. The molecule has 1 saturated heterocycles. The fourth-order valence-corrected chi connectivity index (χ4v) is 3.46. The van der Waals surface area contributed by atoms with Crippen LogP contribution < -0.4 is 5.32 Å². The smallest absolute Gasteiger partial charge is 0.251 e. The fourth-order valence-electron chi connectivity index (χ4n) is 3.16. The van der Waals surface area contributed by atoms with Crippen LogP contribution in [0, 0.1) is 0 Å². The summed E-state index contributed by atoms with van der Waals surface area (Å²) in [5.41, 5.74) is 2.36. The normalized spacial score (nSPS) is 15.9. The number of likely N-dealkylation sites (tertiary alicyclic amines) is 1. The number of carbonyl (C=O) groups is 1. The second-order valence-corrected chi connectivity index (χ2v) is 6.32. The third-order valence-corrected chi connectivity index (χ3v) is 4.73. The predicted octanol–water partition coefficient (Wildman–Crippen LogP) is 2.93. The van der Waals surface area contributed by atoms with Crippen molar-refractivity contribution in [2.45, 2.75) is 32.7 Å². The fraction of sp³-hybridized carbons (Fsp3) is 0.529. The summed E-state index contributed by atoms with van der Waals surface area (Å²) in [6.07, 6.45) is 3.87. The minimum atomic E-state index is -0.0499. The molecule has 2 heterocycles. The van der Waals surface area contributed by atoms with E-state index in [2.05, 4.69) is 15.2 Å². The van der Waals surface area contributed by atoms with E-state index in [0.717, 1.165) is 37.2 Å². The lowest BCUT2D eigenvalue weighted by Gasteiger charge is -2.26. The van der Waals surface area contributed by atoms with Gasteiger partial charge >= 0.3 is 0 Å². The zero-order valence-corrected chi connectivity index (χ0v) is 14.3. The van der Waals surface area contributed by atoms with Crippen LogP contribution in [0.2, 0.25) is 5.28 Å². The van der Waals surface area contributed by atoms with Gasteiger partial charge in [-0.1, -0.05) is 6.42 Å². The Morgan fingerprint density at radius 3 is 2.83 bits per heavy atom. The summed E-state index contributed by atoms with van der Waals surface area (Å²) < 4.78 is 1.93. The number of imidazole rings is 1. The third kappa shape index (κ3) is 3.67. The summed E-state index contributed by atoms with van der Waals surface area (Å²) in [6, 6.07) is 5.56. The van der Waals surface area contributed by atoms with Gasteiger partial charge in [-0.2, -0.15) is 0 Å². The molecule has 1 fully saturated rings. The first-order valence-corrected chi connectivity index (χ1v) is 8.73. The molecule has 0 spiro atoms. The van der Waals surface area contributed by atoms with Crippen LogP contribution in [-0.2, 0) is 6.54 Å². The molecule has 0 radical (unpaired) electrons. The third-order valence-electron chi connectivity index (χ3n) is 4.44. The molecule has 3 rings (SSSR count). The number of aryl methyl sites for hydroxylation is 1. The second-order valence-electron chi connectivity index (χ2n) is 5.99. The quantitative estimate of drug-likeness (QED) is 0.914. The molecule has 6 heteroatoms. The van der Waals surface area contributed by atoms with E-state index in [1.807, 2.05) is 29.7 Å². The molecule has 1 aliphatic heterocycles. The van der Waals surface area contributed by atoms with Gasteiger partial charge in [0.15, 0.2) is 0 Å². The molecule has 0 unspecified atom stereocenters. The average Bonchev–Trinajstić information content (AvgIpc) is 2.89. The molecule has 23 heavy (non-hydrogen) atoms. The van der Waals surface area contributed by atoms with Crippen LogP contribution >= 0.6 is 11.6 Å². The van der Waals surface area contributed by atoms with Crippen molar-refractivity contribution >= 4 is 28.5 Å². The number of amides is 1. The molecule has 124 valence electrons. The summed E-state index contributed by atoms with van der Waals surface area (Å²) in [7, 11) is 0. The van der Waals surface area contributed by atoms with Crippen molar-refractivity contribution in [3.63, 3.8) is 0 Å². The summed E-state index contributed by atoms with van der Waals surface area (Å²) in [4.78, 5) is 19.0. The molecule has 1 aromatic heterocycles. The van der Waals surface area contributed by atoms with E-state index in [4.69, 9.17) is 11.6 Å². The van der Waals surface area contributed by atoms with Gasteiger partial charge in [-0.15, -0.1) is 0 Å². The molecule has 0 aliphatic carbocycles. The van der Waals surface area contributed by atoms with Crippen LogP contribution in [0.4, 0.5) is 0 Å². The largest absolute Gasteiger partial charge is 0.351 e. The number of carbonyl (C=O) groups excluding carboxylic acids is 1. The van der Waals surface area contributed by atoms with Crippen LogP contribution in [0.5, 0.6) is 0 Å². The maximum atomic E-state index is 12.3. The van der Waals surface area contributed by atoms with Crippen molar-refractivity contribution < 1.29 is 4.79 Å². The number of fused-ring (bicyclic) bond motifs is 1. The van der Waals surface area contributed by atoms with Crippen LogP contribution in [0.3, 0.4) is 0 Å². The molecule has 1 aliphatic rings. The maximum absolute atomic E-state index is 12.3. The van der Waals surface area contributed by atoms with Gasteiger partial charge in [0.1, 0.15) is 0 Å². The molecule has 0 bridgehead atoms. The number of hydrogen-bond acceptors (Lipinski definition) is 3. The van der Waals surface area contributed by atoms with Crippen LogP contribution in [0.1, 0.15) is 36.5 Å². The monoisotopic (exact) mass is 334 g/mol. The Balaban J connectivity index is 1.61. The van der Waals surface area contributed by atoms with E-state index in [0.29, 0.717) is 17.4 Å². The van der Waals surface area contributed by atoms with Gasteiger partial charge < -0.3 is 14.8 Å². The van der Waals surface area contributed by atoms with Crippen LogP contribution in [0.25, 0.3) is 11.0 Å². The van der Waals surface area contributed by atoms with Crippen molar-refractivity contribution in [3.05, 3.63) is 29.0 Å². The van der Waals surface area contributed by atoms with E-state index >= 15 is 0 Å². The number of nitrogens with one attached hydrogen (secondary N) is 1. The summed E-state index contributed by atoms with van der Waals surface area (Å²) in [5.74, 6) is -0.0499. The van der Waals surface area contributed by atoms with Crippen molar-refractivity contribution in [1.82, 2.24) is 19.8 Å². The summed E-state index contributed by atoms with van der Waals surface area (Å²) in [6.45, 7) is 6.68. The SMILES string of the molecule is CCn1c(Cl)nc2cc(C(=O)NCCN3CCCCC3)ccc21. The van der Waals surface area contributed by atoms with E-state index in [1.165, 1.54) is 19.3 Å². The number of piperidine rings is 1. The molecule has 0 saturated carbocycles. The lowest BCUT2D eigenvalue weighted by atomic mass is 10.1. The zero-order valence-electron chi connectivity index (χ0n) is 13.5. The first-order chi connectivity index (χ1) is 11.2. The average molecular weight is 335 g/mol. The Labute approximate surface area is 141 Å². The molecule has 1 N–H and O–H groups in total. The predicted molar refractivity (Wildman–Crippen MR) is 93.0 cm³/mol. The lowest BCUT2D eigenvalue weighted by Crippen LogP contribution is -2.37. The highest BCUT2D eigenvalue weighted by atomic mass is 35.5. The number of halogens is 1. The molecular formula is C17H23ClN4O. The van der Waals surface area contributed by atoms with E-state index in [-0.39, 0.29) is 5.91 Å². The van der Waals surface area contributed by atoms with Crippen molar-refractivity contribution in [2.24, 2.45) is 0 Å². The standard InChI is InChI=1S/C17H23ClN4O/c1-2-22-15-7-6-13(12-14(15)20-17(22)18)16(23)19-8-11-21-9-4-3-5-10-21/h6-7,12H,2-5,8-11H2,1H3,(H,19,23). The number of hydrogen-bond donors (Lipinski definition) is 1. The van der Waals surface area contributed by atoms with Gasteiger partial charge in [-0.3, -0.25) is 4.79 Å². The minimum absolute atomic E-state index is 0.0499. The highest BCUT2D eigenvalue weighted by Crippen LogP contribution is 2.21. The van der Waals surface area contributed by atoms with Gasteiger partial charge in [0.25, 0.3) is 5.91 Å². The van der Waals surface area contributed by atoms with E-state index in [9.17, 15) is 4.79 Å². The van der Waals surface area contributed by atoms with E-state index < -0.39 is 0 Å². The Morgan fingerprint density at radius 1 is 1.30 bits per heavy atom. The second kappa shape index (κ2) is 7.32. The van der Waals surface area contributed by atoms with Crippen molar-refractivity contribution in [1.29, 1.82) is 0 Å². The first-order valence-electron chi connectivity index (χ1n) is 8.35. The topological polar surface area (TPSA) is 50.2 Å². The van der Waals surface area contributed by atoms with Crippen LogP contribution in [-0.4, -0.2) is 46.5 Å². The minimum Gasteiger partial charge on any atom is -0.351 e. The first kappa shape index (κ1) is 16.3. The molecule has 1 amide bonds. The number of aromatic nitrogens is 2. The lowest BCUT2D eigenvalue weighted by molar-refractivity contribution is 0.0946. The number of rotatable bonds is 5. The van der Waals surface area contributed by atoms with E-state index in [1.54, 1.807) is 0 Å². The molecule has 2 aromatic rings. The van der Waals surface area contributed by atoms with Gasteiger partial charge in [-0.05, 0) is 62.7 Å². The van der Waals surface area contributed by atoms with Gasteiger partial charge in [-0.25, -0.2) is 4.98 Å². The van der Waals surface area contributed by atoms with Gasteiger partial charge in [0, 0.05) is 25.2 Å². The zero-order chi connectivity index (χ0) is 16.2. The Kier molecular flexibility index (Phi) is 5.18. The van der Waals surface area contributed by atoms with Gasteiger partial charge in [0.2, 0.25) is 5.28 Å². The van der Waals surface area contributed by atoms with Gasteiger partial charge in [0.05, 0.1) is 11.0 Å². The number of nitrogens with zero attached hydrogens (tertiary/aromatic N) is 3. The Bertz CT molecular complexity index is 691. The van der Waals surface area contributed by atoms with Crippen LogP contribution in [0.15, 0.2) is 18.2 Å². The number of benzene rings is 1. The molecule has 1 aromatic carbocycles. The highest BCUT2D eigenvalue weighted by molar-refractivity contribution is 6.29. The molecular weight excluding hydrogens is 312 g/mol. The highest BCUT2D eigenvalue weighted by Gasteiger charge is 2.13.